The Morgan fingerprint density at radius 3 is 2.73 bits per heavy atom. The van der Waals surface area contributed by atoms with Gasteiger partial charge in [0.15, 0.2) is 5.76 Å². The minimum absolute atomic E-state index is 0.142. The average molecular weight is 318 g/mol. The maximum Gasteiger partial charge on any atom is 0.287 e. The molecule has 3 rings (SSSR count). The lowest BCUT2D eigenvalue weighted by Crippen LogP contribution is -2.40. The molecule has 0 radical (unpaired) electrons. The molecule has 1 saturated carbocycles. The van der Waals surface area contributed by atoms with Gasteiger partial charge in [0, 0.05) is 11.6 Å². The lowest BCUT2D eigenvalue weighted by atomic mass is 9.86. The van der Waals surface area contributed by atoms with Crippen LogP contribution in [0.25, 0.3) is 11.3 Å². The van der Waals surface area contributed by atoms with E-state index in [9.17, 15) is 4.79 Å². The third-order valence-electron chi connectivity index (χ3n) is 4.40. The van der Waals surface area contributed by atoms with E-state index in [4.69, 9.17) is 16.0 Å². The van der Waals surface area contributed by atoms with Crippen molar-refractivity contribution in [2.45, 2.75) is 38.6 Å². The number of rotatable bonds is 3. The van der Waals surface area contributed by atoms with Gasteiger partial charge in [0.05, 0.1) is 5.02 Å². The lowest BCUT2D eigenvalue weighted by Gasteiger charge is -2.29. The Balaban J connectivity index is 1.73. The monoisotopic (exact) mass is 317 g/mol. The molecule has 0 spiro atoms. The summed E-state index contributed by atoms with van der Waals surface area (Å²) in [6.45, 7) is 2.20. The summed E-state index contributed by atoms with van der Waals surface area (Å²) in [7, 11) is 0. The van der Waals surface area contributed by atoms with E-state index >= 15 is 0 Å². The number of carbonyl (C=O) groups is 1. The summed E-state index contributed by atoms with van der Waals surface area (Å²) in [5, 5.41) is 3.71. The van der Waals surface area contributed by atoms with Crippen LogP contribution >= 0.6 is 11.6 Å². The molecule has 0 saturated heterocycles. The number of carbonyl (C=O) groups excluding carboxylic acids is 1. The van der Waals surface area contributed by atoms with E-state index < -0.39 is 0 Å². The van der Waals surface area contributed by atoms with Gasteiger partial charge in [0.25, 0.3) is 5.91 Å². The molecular formula is C18H20ClNO2. The molecule has 2 atom stereocenters. The predicted molar refractivity (Wildman–Crippen MR) is 88.0 cm³/mol. The Hall–Kier alpha value is -1.74. The van der Waals surface area contributed by atoms with E-state index in [0.29, 0.717) is 22.5 Å². The normalized spacial score (nSPS) is 21.5. The largest absolute Gasteiger partial charge is 0.451 e. The zero-order valence-electron chi connectivity index (χ0n) is 12.6. The molecule has 1 aromatic carbocycles. The van der Waals surface area contributed by atoms with E-state index in [1.807, 2.05) is 24.3 Å². The van der Waals surface area contributed by atoms with Crippen molar-refractivity contribution in [2.24, 2.45) is 5.92 Å². The maximum atomic E-state index is 12.4. The first-order valence-corrected chi connectivity index (χ1v) is 8.18. The Morgan fingerprint density at radius 2 is 1.95 bits per heavy atom. The Kier molecular flexibility index (Phi) is 4.53. The van der Waals surface area contributed by atoms with Crippen LogP contribution in [0.3, 0.4) is 0 Å². The SMILES string of the molecule is CC1CCCCC1NC(=O)c1ccc(-c2ccccc2Cl)o1. The van der Waals surface area contributed by atoms with Crippen LogP contribution in [0.4, 0.5) is 0 Å². The fraction of sp³-hybridized carbons (Fsp3) is 0.389. The number of benzene rings is 1. The first-order valence-electron chi connectivity index (χ1n) is 7.81. The molecule has 1 fully saturated rings. The van der Waals surface area contributed by atoms with Crippen LogP contribution in [0.2, 0.25) is 5.02 Å². The second kappa shape index (κ2) is 6.57. The molecule has 0 bridgehead atoms. The Labute approximate surface area is 135 Å². The number of amides is 1. The fourth-order valence-corrected chi connectivity index (χ4v) is 3.26. The van der Waals surface area contributed by atoms with Crippen molar-refractivity contribution in [3.8, 4) is 11.3 Å². The molecule has 116 valence electrons. The molecule has 1 aromatic heterocycles. The summed E-state index contributed by atoms with van der Waals surface area (Å²) in [6, 6.07) is 11.2. The van der Waals surface area contributed by atoms with Crippen LogP contribution in [0.1, 0.15) is 43.2 Å². The predicted octanol–water partition coefficient (Wildman–Crippen LogP) is 4.91. The molecular weight excluding hydrogens is 298 g/mol. The van der Waals surface area contributed by atoms with Crippen LogP contribution < -0.4 is 5.32 Å². The molecule has 1 N–H and O–H groups in total. The van der Waals surface area contributed by atoms with Crippen molar-refractivity contribution >= 4 is 17.5 Å². The molecule has 2 aromatic rings. The third kappa shape index (κ3) is 3.20. The van der Waals surface area contributed by atoms with Gasteiger partial charge in [-0.2, -0.15) is 0 Å². The number of furan rings is 1. The zero-order valence-corrected chi connectivity index (χ0v) is 13.4. The smallest absolute Gasteiger partial charge is 0.287 e. The highest BCUT2D eigenvalue weighted by Crippen LogP contribution is 2.29. The van der Waals surface area contributed by atoms with E-state index in [0.717, 1.165) is 12.0 Å². The van der Waals surface area contributed by atoms with Crippen LogP contribution in [0, 0.1) is 5.92 Å². The van der Waals surface area contributed by atoms with Crippen molar-refractivity contribution in [3.63, 3.8) is 0 Å². The highest BCUT2D eigenvalue weighted by atomic mass is 35.5. The first kappa shape index (κ1) is 15.2. The minimum atomic E-state index is -0.142. The average Bonchev–Trinajstić information content (AvgIpc) is 3.00. The fourth-order valence-electron chi connectivity index (χ4n) is 3.04. The van der Waals surface area contributed by atoms with E-state index in [-0.39, 0.29) is 11.9 Å². The number of halogens is 1. The minimum Gasteiger partial charge on any atom is -0.451 e. The molecule has 1 aliphatic rings. The Morgan fingerprint density at radius 1 is 1.18 bits per heavy atom. The summed E-state index contributed by atoms with van der Waals surface area (Å²) in [6.07, 6.45) is 4.65. The van der Waals surface area contributed by atoms with Crippen molar-refractivity contribution in [1.82, 2.24) is 5.32 Å². The molecule has 3 nitrogen and oxygen atoms in total. The number of nitrogens with one attached hydrogen (secondary N) is 1. The van der Waals surface area contributed by atoms with Crippen molar-refractivity contribution in [2.75, 3.05) is 0 Å². The van der Waals surface area contributed by atoms with Gasteiger partial charge in [-0.15, -0.1) is 0 Å². The Bertz CT molecular complexity index is 665. The molecule has 4 heteroatoms. The van der Waals surface area contributed by atoms with Crippen molar-refractivity contribution in [3.05, 3.63) is 47.2 Å². The van der Waals surface area contributed by atoms with E-state index in [2.05, 4.69) is 12.2 Å². The van der Waals surface area contributed by atoms with Crippen LogP contribution in [0.5, 0.6) is 0 Å². The summed E-state index contributed by atoms with van der Waals surface area (Å²) in [5.41, 5.74) is 0.800. The molecule has 0 aliphatic heterocycles. The van der Waals surface area contributed by atoms with Gasteiger partial charge in [0.2, 0.25) is 0 Å². The summed E-state index contributed by atoms with van der Waals surface area (Å²) >= 11 is 6.16. The van der Waals surface area contributed by atoms with Gasteiger partial charge >= 0.3 is 0 Å². The third-order valence-corrected chi connectivity index (χ3v) is 4.73. The van der Waals surface area contributed by atoms with Crippen LogP contribution in [-0.4, -0.2) is 11.9 Å². The molecule has 2 unspecified atom stereocenters. The summed E-state index contributed by atoms with van der Waals surface area (Å²) in [4.78, 5) is 12.4. The second-order valence-electron chi connectivity index (χ2n) is 5.99. The molecule has 22 heavy (non-hydrogen) atoms. The molecule has 1 aliphatic carbocycles. The quantitative estimate of drug-likeness (QED) is 0.874. The second-order valence-corrected chi connectivity index (χ2v) is 6.39. The zero-order chi connectivity index (χ0) is 15.5. The van der Waals surface area contributed by atoms with Gasteiger partial charge in [0.1, 0.15) is 5.76 Å². The van der Waals surface area contributed by atoms with Crippen LogP contribution in [-0.2, 0) is 0 Å². The number of hydrogen-bond donors (Lipinski definition) is 1. The number of hydrogen-bond acceptors (Lipinski definition) is 2. The molecule has 1 heterocycles. The van der Waals surface area contributed by atoms with E-state index in [1.54, 1.807) is 12.1 Å². The van der Waals surface area contributed by atoms with Gasteiger partial charge in [-0.25, -0.2) is 0 Å². The highest BCUT2D eigenvalue weighted by molar-refractivity contribution is 6.33. The highest BCUT2D eigenvalue weighted by Gasteiger charge is 2.24. The topological polar surface area (TPSA) is 42.2 Å². The van der Waals surface area contributed by atoms with Gasteiger partial charge in [-0.3, -0.25) is 4.79 Å². The summed E-state index contributed by atoms with van der Waals surface area (Å²) in [5.74, 6) is 1.34. The maximum absolute atomic E-state index is 12.4. The van der Waals surface area contributed by atoms with Gasteiger partial charge < -0.3 is 9.73 Å². The van der Waals surface area contributed by atoms with Crippen molar-refractivity contribution < 1.29 is 9.21 Å². The first-order chi connectivity index (χ1) is 10.6. The van der Waals surface area contributed by atoms with Crippen molar-refractivity contribution in [1.29, 1.82) is 0 Å². The summed E-state index contributed by atoms with van der Waals surface area (Å²) < 4.78 is 5.69. The van der Waals surface area contributed by atoms with E-state index in [1.165, 1.54) is 19.3 Å². The molecule has 1 amide bonds. The van der Waals surface area contributed by atoms with Crippen LogP contribution in [0.15, 0.2) is 40.8 Å². The lowest BCUT2D eigenvalue weighted by molar-refractivity contribution is 0.0883. The van der Waals surface area contributed by atoms with Gasteiger partial charge in [-0.05, 0) is 43.0 Å². The van der Waals surface area contributed by atoms with Gasteiger partial charge in [-0.1, -0.05) is 43.5 Å². The standard InChI is InChI=1S/C18H20ClNO2/c1-12-6-2-5-9-15(12)20-18(21)17-11-10-16(22-17)13-7-3-4-8-14(13)19/h3-4,7-8,10-12,15H,2,5-6,9H2,1H3,(H,20,21).